The van der Waals surface area contributed by atoms with Crippen LogP contribution < -0.4 is 0 Å². The molecule has 1 saturated heterocycles. The SMILES string of the molecule is C=CCCN1C(=S)N(C)C(=O)C(C)(C)C1=S. The average molecular weight is 256 g/mol. The molecule has 16 heavy (non-hydrogen) atoms. The molecule has 1 fully saturated rings. The van der Waals surface area contributed by atoms with Gasteiger partial charge in [0, 0.05) is 13.6 Å². The molecule has 0 unspecified atom stereocenters. The average Bonchev–Trinajstić information content (AvgIpc) is 2.25. The van der Waals surface area contributed by atoms with E-state index < -0.39 is 5.41 Å². The van der Waals surface area contributed by atoms with Gasteiger partial charge in [-0.2, -0.15) is 0 Å². The Morgan fingerprint density at radius 2 is 2.00 bits per heavy atom. The van der Waals surface area contributed by atoms with Crippen LogP contribution in [0.1, 0.15) is 20.3 Å². The first-order valence-corrected chi connectivity index (χ1v) is 5.90. The Kier molecular flexibility index (Phi) is 3.80. The quantitative estimate of drug-likeness (QED) is 0.569. The van der Waals surface area contributed by atoms with E-state index in [0.29, 0.717) is 16.6 Å². The van der Waals surface area contributed by atoms with Gasteiger partial charge in [-0.25, -0.2) is 0 Å². The first-order chi connectivity index (χ1) is 7.34. The number of carbonyl (C=O) groups is 1. The second-order valence-electron chi connectivity index (χ2n) is 4.31. The minimum atomic E-state index is -0.659. The smallest absolute Gasteiger partial charge is 0.240 e. The second kappa shape index (κ2) is 4.59. The molecule has 0 aromatic rings. The summed E-state index contributed by atoms with van der Waals surface area (Å²) in [5.41, 5.74) is -0.659. The maximum absolute atomic E-state index is 12.0. The molecule has 1 rings (SSSR count). The van der Waals surface area contributed by atoms with Crippen molar-refractivity contribution < 1.29 is 4.79 Å². The van der Waals surface area contributed by atoms with Crippen LogP contribution in [0.2, 0.25) is 0 Å². The predicted molar refractivity (Wildman–Crippen MR) is 73.3 cm³/mol. The van der Waals surface area contributed by atoms with Crippen molar-refractivity contribution in [2.45, 2.75) is 20.3 Å². The molecule has 0 atom stereocenters. The van der Waals surface area contributed by atoms with E-state index in [4.69, 9.17) is 24.4 Å². The molecule has 88 valence electrons. The van der Waals surface area contributed by atoms with E-state index in [-0.39, 0.29) is 5.91 Å². The molecule has 0 aliphatic carbocycles. The standard InChI is InChI=1S/C11H16N2OS2/c1-5-6-7-13-9(15)11(2,3)8(14)12(4)10(13)16/h5H,1,6-7H2,2-4H3. The predicted octanol–water partition coefficient (Wildman–Crippen LogP) is 1.97. The highest BCUT2D eigenvalue weighted by atomic mass is 32.1. The Labute approximate surface area is 107 Å². The summed E-state index contributed by atoms with van der Waals surface area (Å²) in [4.78, 5) is 15.9. The second-order valence-corrected chi connectivity index (χ2v) is 5.06. The third kappa shape index (κ3) is 2.01. The summed E-state index contributed by atoms with van der Waals surface area (Å²) in [6.07, 6.45) is 2.60. The molecule has 0 aromatic carbocycles. The number of amides is 1. The first kappa shape index (κ1) is 13.3. The molecular formula is C11H16N2OS2. The summed E-state index contributed by atoms with van der Waals surface area (Å²) in [7, 11) is 1.69. The van der Waals surface area contributed by atoms with Crippen molar-refractivity contribution in [3.8, 4) is 0 Å². The van der Waals surface area contributed by atoms with E-state index in [2.05, 4.69) is 6.58 Å². The van der Waals surface area contributed by atoms with Crippen LogP contribution in [-0.4, -0.2) is 39.4 Å². The number of thiocarbonyl (C=S) groups is 2. The van der Waals surface area contributed by atoms with Crippen LogP contribution in [0.3, 0.4) is 0 Å². The van der Waals surface area contributed by atoms with Gasteiger partial charge in [0.1, 0.15) is 0 Å². The number of carbonyl (C=O) groups excluding carboxylic acids is 1. The molecule has 1 aliphatic rings. The number of hydrogen-bond donors (Lipinski definition) is 0. The number of nitrogens with zero attached hydrogens (tertiary/aromatic N) is 2. The summed E-state index contributed by atoms with van der Waals surface area (Å²) in [5.74, 6) is -0.0441. The highest BCUT2D eigenvalue weighted by molar-refractivity contribution is 7.82. The Balaban J connectivity index is 3.01. The van der Waals surface area contributed by atoms with E-state index >= 15 is 0 Å². The first-order valence-electron chi connectivity index (χ1n) is 5.09. The number of hydrogen-bond acceptors (Lipinski definition) is 3. The van der Waals surface area contributed by atoms with Gasteiger partial charge in [-0.15, -0.1) is 6.58 Å². The molecule has 5 heteroatoms. The van der Waals surface area contributed by atoms with Gasteiger partial charge in [-0.3, -0.25) is 9.69 Å². The van der Waals surface area contributed by atoms with Crippen LogP contribution in [0.15, 0.2) is 12.7 Å². The van der Waals surface area contributed by atoms with Crippen LogP contribution in [0.5, 0.6) is 0 Å². The zero-order chi connectivity index (χ0) is 12.5. The summed E-state index contributed by atoms with van der Waals surface area (Å²) < 4.78 is 0. The fourth-order valence-electron chi connectivity index (χ4n) is 1.62. The van der Waals surface area contributed by atoms with E-state index in [1.165, 1.54) is 4.90 Å². The lowest BCUT2D eigenvalue weighted by Gasteiger charge is -2.43. The lowest BCUT2D eigenvalue weighted by Crippen LogP contribution is -2.61. The minimum Gasteiger partial charge on any atom is -0.312 e. The van der Waals surface area contributed by atoms with Gasteiger partial charge in [0.15, 0.2) is 5.11 Å². The molecule has 0 spiro atoms. The lowest BCUT2D eigenvalue weighted by molar-refractivity contribution is -0.133. The molecule has 0 radical (unpaired) electrons. The highest BCUT2D eigenvalue weighted by Gasteiger charge is 2.44. The van der Waals surface area contributed by atoms with Crippen molar-refractivity contribution >= 4 is 40.4 Å². The normalized spacial score (nSPS) is 20.3. The van der Waals surface area contributed by atoms with Crippen LogP contribution in [0.4, 0.5) is 0 Å². The van der Waals surface area contributed by atoms with Gasteiger partial charge in [0.05, 0.1) is 10.4 Å². The molecule has 1 amide bonds. The third-order valence-electron chi connectivity index (χ3n) is 2.69. The van der Waals surface area contributed by atoms with Crippen LogP contribution >= 0.6 is 24.4 Å². The highest BCUT2D eigenvalue weighted by Crippen LogP contribution is 2.29. The van der Waals surface area contributed by atoms with Gasteiger partial charge < -0.3 is 4.90 Å². The number of rotatable bonds is 3. The van der Waals surface area contributed by atoms with Gasteiger partial charge in [-0.05, 0) is 32.5 Å². The zero-order valence-corrected chi connectivity index (χ0v) is 11.5. The van der Waals surface area contributed by atoms with E-state index in [1.807, 2.05) is 24.8 Å². The molecule has 0 aromatic heterocycles. The zero-order valence-electron chi connectivity index (χ0n) is 9.82. The lowest BCUT2D eigenvalue weighted by atomic mass is 9.89. The molecule has 0 bridgehead atoms. The van der Waals surface area contributed by atoms with Crippen molar-refractivity contribution in [1.82, 2.24) is 9.80 Å². The van der Waals surface area contributed by atoms with Gasteiger partial charge in [-0.1, -0.05) is 18.3 Å². The van der Waals surface area contributed by atoms with Gasteiger partial charge >= 0.3 is 0 Å². The van der Waals surface area contributed by atoms with E-state index in [1.54, 1.807) is 7.05 Å². The van der Waals surface area contributed by atoms with Crippen LogP contribution in [0.25, 0.3) is 0 Å². The maximum atomic E-state index is 12.0. The Bertz CT molecular complexity index is 363. The summed E-state index contributed by atoms with van der Waals surface area (Å²) in [5, 5.41) is 0.483. The van der Waals surface area contributed by atoms with Crippen molar-refractivity contribution in [1.29, 1.82) is 0 Å². The van der Waals surface area contributed by atoms with E-state index in [9.17, 15) is 4.79 Å². The Morgan fingerprint density at radius 3 is 2.50 bits per heavy atom. The third-order valence-corrected chi connectivity index (χ3v) is 3.92. The summed E-state index contributed by atoms with van der Waals surface area (Å²) >= 11 is 10.6. The largest absolute Gasteiger partial charge is 0.312 e. The molecule has 0 saturated carbocycles. The molecular weight excluding hydrogens is 240 g/mol. The molecule has 1 aliphatic heterocycles. The molecule has 0 N–H and O–H groups in total. The maximum Gasteiger partial charge on any atom is 0.240 e. The van der Waals surface area contributed by atoms with Crippen molar-refractivity contribution in [3.63, 3.8) is 0 Å². The fraction of sp³-hybridized carbons (Fsp3) is 0.545. The van der Waals surface area contributed by atoms with E-state index in [0.717, 1.165) is 6.42 Å². The Morgan fingerprint density at radius 1 is 1.44 bits per heavy atom. The van der Waals surface area contributed by atoms with Crippen molar-refractivity contribution in [3.05, 3.63) is 12.7 Å². The van der Waals surface area contributed by atoms with Crippen molar-refractivity contribution in [2.24, 2.45) is 5.41 Å². The van der Waals surface area contributed by atoms with Crippen molar-refractivity contribution in [2.75, 3.05) is 13.6 Å². The van der Waals surface area contributed by atoms with Crippen LogP contribution in [0, 0.1) is 5.41 Å². The summed E-state index contributed by atoms with van der Waals surface area (Å²) in [6.45, 7) is 8.01. The monoisotopic (exact) mass is 256 g/mol. The molecule has 3 nitrogen and oxygen atoms in total. The van der Waals surface area contributed by atoms with Gasteiger partial charge in [0.25, 0.3) is 0 Å². The Hall–Kier alpha value is -0.810. The van der Waals surface area contributed by atoms with Crippen LogP contribution in [-0.2, 0) is 4.79 Å². The van der Waals surface area contributed by atoms with Gasteiger partial charge in [0.2, 0.25) is 5.91 Å². The topological polar surface area (TPSA) is 23.6 Å². The molecule has 1 heterocycles. The minimum absolute atomic E-state index is 0.0441. The summed E-state index contributed by atoms with van der Waals surface area (Å²) in [6, 6.07) is 0. The fourth-order valence-corrected chi connectivity index (χ4v) is 2.21.